The molecule has 0 aliphatic carbocycles. The minimum Gasteiger partial charge on any atom is -0.356 e. The molecule has 0 unspecified atom stereocenters. The van der Waals surface area contributed by atoms with Crippen LogP contribution in [0, 0.1) is 0 Å². The van der Waals surface area contributed by atoms with E-state index in [2.05, 4.69) is 5.32 Å². The van der Waals surface area contributed by atoms with Gasteiger partial charge in [0, 0.05) is 29.6 Å². The third-order valence-corrected chi connectivity index (χ3v) is 5.82. The molecule has 0 aromatic heterocycles. The Labute approximate surface area is 176 Å². The quantitative estimate of drug-likeness (QED) is 0.558. The molecule has 0 fully saturated rings. The first-order valence-corrected chi connectivity index (χ1v) is 11.6. The van der Waals surface area contributed by atoms with Crippen molar-refractivity contribution in [1.29, 1.82) is 0 Å². The van der Waals surface area contributed by atoms with E-state index in [0.29, 0.717) is 28.7 Å². The van der Waals surface area contributed by atoms with E-state index in [1.165, 1.54) is 9.87 Å². The Balaban J connectivity index is 1.74. The number of aryl methyl sites for hydroxylation is 1. The number of carbonyl (C=O) groups is 1. The molecule has 8 heteroatoms. The number of anilines is 1. The fraction of sp³-hybridized carbons (Fsp3) is 0.350. The number of hydrogen-bond donors (Lipinski definition) is 1. The van der Waals surface area contributed by atoms with Gasteiger partial charge in [-0.15, -0.1) is 0 Å². The molecule has 0 saturated heterocycles. The summed E-state index contributed by atoms with van der Waals surface area (Å²) in [6.45, 7) is 0.795. The van der Waals surface area contributed by atoms with Gasteiger partial charge in [-0.25, -0.2) is 8.42 Å². The second-order valence-corrected chi connectivity index (χ2v) is 9.28. The molecule has 2 rings (SSSR count). The number of hydrogen-bond acceptors (Lipinski definition) is 3. The van der Waals surface area contributed by atoms with Crippen molar-refractivity contribution in [2.45, 2.75) is 25.7 Å². The number of amides is 1. The number of benzene rings is 2. The van der Waals surface area contributed by atoms with Gasteiger partial charge in [0.1, 0.15) is 0 Å². The van der Waals surface area contributed by atoms with Crippen LogP contribution in [0.3, 0.4) is 0 Å². The smallest absolute Gasteiger partial charge is 0.232 e. The molecular formula is C20H24Cl2N2O3S. The maximum absolute atomic E-state index is 12.1. The highest BCUT2D eigenvalue weighted by atomic mass is 35.5. The van der Waals surface area contributed by atoms with Crippen LogP contribution in [0.5, 0.6) is 0 Å². The molecule has 0 saturated carbocycles. The first-order valence-electron chi connectivity index (χ1n) is 9.00. The van der Waals surface area contributed by atoms with Gasteiger partial charge in [-0.1, -0.05) is 41.4 Å². The predicted molar refractivity (Wildman–Crippen MR) is 116 cm³/mol. The van der Waals surface area contributed by atoms with Crippen LogP contribution in [0.4, 0.5) is 5.69 Å². The summed E-state index contributed by atoms with van der Waals surface area (Å²) in [6.07, 6.45) is 3.50. The van der Waals surface area contributed by atoms with Crippen LogP contribution >= 0.6 is 23.2 Å². The lowest BCUT2D eigenvalue weighted by Crippen LogP contribution is -2.32. The predicted octanol–water partition coefficient (Wildman–Crippen LogP) is 4.29. The van der Waals surface area contributed by atoms with Gasteiger partial charge in [0.25, 0.3) is 0 Å². The van der Waals surface area contributed by atoms with E-state index in [-0.39, 0.29) is 18.9 Å². The molecule has 0 aliphatic rings. The lowest BCUT2D eigenvalue weighted by Gasteiger charge is -2.22. The van der Waals surface area contributed by atoms with Crippen molar-refractivity contribution >= 4 is 44.8 Å². The summed E-state index contributed by atoms with van der Waals surface area (Å²) in [7, 11) is -3.45. The highest BCUT2D eigenvalue weighted by molar-refractivity contribution is 7.92. The fourth-order valence-electron chi connectivity index (χ4n) is 2.76. The third-order valence-electron chi connectivity index (χ3n) is 4.14. The molecule has 5 nitrogen and oxygen atoms in total. The van der Waals surface area contributed by atoms with Crippen molar-refractivity contribution in [3.63, 3.8) is 0 Å². The van der Waals surface area contributed by atoms with Gasteiger partial charge in [0.2, 0.25) is 15.9 Å². The van der Waals surface area contributed by atoms with Crippen molar-refractivity contribution in [2.24, 2.45) is 0 Å². The highest BCUT2D eigenvalue weighted by Gasteiger charge is 2.17. The Morgan fingerprint density at radius 1 is 1.04 bits per heavy atom. The van der Waals surface area contributed by atoms with Gasteiger partial charge in [0.15, 0.2) is 0 Å². The molecule has 0 spiro atoms. The third kappa shape index (κ3) is 7.70. The SMILES string of the molecule is CS(=O)(=O)N(CCCC(=O)NCCCc1ccc(Cl)cc1)c1cccc(Cl)c1. The van der Waals surface area contributed by atoms with Gasteiger partial charge in [-0.3, -0.25) is 9.10 Å². The van der Waals surface area contributed by atoms with E-state index in [1.807, 2.05) is 24.3 Å². The van der Waals surface area contributed by atoms with Crippen molar-refractivity contribution in [3.05, 3.63) is 64.1 Å². The Kier molecular flexibility index (Phi) is 8.60. The number of sulfonamides is 1. The van der Waals surface area contributed by atoms with Crippen LogP contribution in [-0.2, 0) is 21.2 Å². The molecule has 0 heterocycles. The van der Waals surface area contributed by atoms with Gasteiger partial charge in [0.05, 0.1) is 11.9 Å². The van der Waals surface area contributed by atoms with Crippen LogP contribution in [0.2, 0.25) is 10.0 Å². The number of nitrogens with one attached hydrogen (secondary N) is 1. The van der Waals surface area contributed by atoms with Crippen molar-refractivity contribution in [3.8, 4) is 0 Å². The van der Waals surface area contributed by atoms with E-state index in [4.69, 9.17) is 23.2 Å². The van der Waals surface area contributed by atoms with Gasteiger partial charge >= 0.3 is 0 Å². The molecular weight excluding hydrogens is 419 g/mol. The lowest BCUT2D eigenvalue weighted by atomic mass is 10.1. The second kappa shape index (κ2) is 10.7. The first-order chi connectivity index (χ1) is 13.3. The standard InChI is InChI=1S/C20H24Cl2N2O3S/c1-28(26,27)24(19-7-2-6-18(22)15-19)14-4-8-20(25)23-13-3-5-16-9-11-17(21)12-10-16/h2,6-7,9-12,15H,3-5,8,13-14H2,1H3,(H,23,25). The Hall–Kier alpha value is -1.76. The van der Waals surface area contributed by atoms with Crippen LogP contribution in [-0.4, -0.2) is 33.7 Å². The monoisotopic (exact) mass is 442 g/mol. The molecule has 0 atom stereocenters. The average Bonchev–Trinajstić information content (AvgIpc) is 2.63. The van der Waals surface area contributed by atoms with E-state index < -0.39 is 10.0 Å². The molecule has 152 valence electrons. The number of carbonyl (C=O) groups excluding carboxylic acids is 1. The van der Waals surface area contributed by atoms with Crippen LogP contribution in [0.15, 0.2) is 48.5 Å². The summed E-state index contributed by atoms with van der Waals surface area (Å²) in [5.74, 6) is -0.0874. The van der Waals surface area contributed by atoms with E-state index in [9.17, 15) is 13.2 Å². The number of halogens is 2. The van der Waals surface area contributed by atoms with E-state index in [1.54, 1.807) is 24.3 Å². The normalized spacial score (nSPS) is 11.2. The lowest BCUT2D eigenvalue weighted by molar-refractivity contribution is -0.121. The average molecular weight is 443 g/mol. The van der Waals surface area contributed by atoms with Crippen LogP contribution < -0.4 is 9.62 Å². The maximum atomic E-state index is 12.1. The minimum absolute atomic E-state index is 0.0874. The molecule has 2 aromatic carbocycles. The summed E-state index contributed by atoms with van der Waals surface area (Å²) >= 11 is 11.8. The van der Waals surface area contributed by atoms with Crippen molar-refractivity contribution in [2.75, 3.05) is 23.7 Å². The van der Waals surface area contributed by atoms with Crippen LogP contribution in [0.25, 0.3) is 0 Å². The summed E-state index contributed by atoms with van der Waals surface area (Å²) in [5.41, 5.74) is 1.67. The molecule has 28 heavy (non-hydrogen) atoms. The van der Waals surface area contributed by atoms with E-state index >= 15 is 0 Å². The summed E-state index contributed by atoms with van der Waals surface area (Å²) in [6, 6.07) is 14.3. The number of nitrogens with zero attached hydrogens (tertiary/aromatic N) is 1. The summed E-state index contributed by atoms with van der Waals surface area (Å²) in [5, 5.41) is 4.04. The molecule has 0 radical (unpaired) electrons. The van der Waals surface area contributed by atoms with Gasteiger partial charge in [-0.05, 0) is 55.2 Å². The maximum Gasteiger partial charge on any atom is 0.232 e. The Bertz CT molecular complexity index is 887. The van der Waals surface area contributed by atoms with Crippen molar-refractivity contribution in [1.82, 2.24) is 5.32 Å². The first kappa shape index (κ1) is 22.5. The molecule has 0 aliphatic heterocycles. The zero-order valence-electron chi connectivity index (χ0n) is 15.7. The molecule has 2 aromatic rings. The zero-order valence-corrected chi connectivity index (χ0v) is 18.0. The molecule has 1 N–H and O–H groups in total. The Morgan fingerprint density at radius 3 is 2.39 bits per heavy atom. The number of rotatable bonds is 10. The second-order valence-electron chi connectivity index (χ2n) is 6.50. The molecule has 0 bridgehead atoms. The minimum atomic E-state index is -3.45. The molecule has 1 amide bonds. The highest BCUT2D eigenvalue weighted by Crippen LogP contribution is 2.22. The fourth-order valence-corrected chi connectivity index (χ4v) is 4.03. The largest absolute Gasteiger partial charge is 0.356 e. The summed E-state index contributed by atoms with van der Waals surface area (Å²) < 4.78 is 25.4. The van der Waals surface area contributed by atoms with Gasteiger partial charge < -0.3 is 5.32 Å². The van der Waals surface area contributed by atoms with Crippen molar-refractivity contribution < 1.29 is 13.2 Å². The topological polar surface area (TPSA) is 66.5 Å². The zero-order chi connectivity index (χ0) is 20.6. The summed E-state index contributed by atoms with van der Waals surface area (Å²) in [4.78, 5) is 12.0. The van der Waals surface area contributed by atoms with Crippen LogP contribution in [0.1, 0.15) is 24.8 Å². The van der Waals surface area contributed by atoms with Gasteiger partial charge in [-0.2, -0.15) is 0 Å². The van der Waals surface area contributed by atoms with E-state index in [0.717, 1.165) is 19.1 Å². The Morgan fingerprint density at radius 2 is 1.75 bits per heavy atom.